The van der Waals surface area contributed by atoms with Crippen molar-refractivity contribution in [1.29, 1.82) is 0 Å². The zero-order chi connectivity index (χ0) is 30.4. The fourth-order valence-corrected chi connectivity index (χ4v) is 4.76. The molecular formula is C28H25F6N3O5. The Kier molecular flexibility index (Phi) is 7.47. The molecule has 1 amide bonds. The maximum Gasteiger partial charge on any atom is 0.430 e. The molecule has 1 aliphatic heterocycles. The molecular weight excluding hydrogens is 572 g/mol. The number of benzene rings is 2. The van der Waals surface area contributed by atoms with E-state index < -0.39 is 29.6 Å². The number of hydrogen-bond donors (Lipinski definition) is 1. The van der Waals surface area contributed by atoms with Crippen LogP contribution in [-0.4, -0.2) is 64.3 Å². The third-order valence-corrected chi connectivity index (χ3v) is 7.12. The standard InChI is InChI=1S/C28H25F6N3O5/c1-16-13-19-14-20(26(39,27(29,30)31)28(32,33)34)5-8-23(19)37(16)15-22-17(2)41-24(35-22)18-3-6-21(7-4-18)42-25(38)36-9-11-40-12-10-36/h3-8,13-14,39H,9-12,15H2,1-2H3. The molecule has 42 heavy (non-hydrogen) atoms. The number of morpholine rings is 1. The van der Waals surface area contributed by atoms with Gasteiger partial charge < -0.3 is 28.5 Å². The lowest BCUT2D eigenvalue weighted by molar-refractivity contribution is -0.376. The fourth-order valence-electron chi connectivity index (χ4n) is 4.76. The molecule has 0 spiro atoms. The van der Waals surface area contributed by atoms with Crippen molar-refractivity contribution < 1.29 is 50.1 Å². The lowest BCUT2D eigenvalue weighted by Gasteiger charge is -2.32. The highest BCUT2D eigenvalue weighted by molar-refractivity contribution is 5.82. The van der Waals surface area contributed by atoms with Crippen LogP contribution in [0.25, 0.3) is 22.4 Å². The van der Waals surface area contributed by atoms with Crippen molar-refractivity contribution in [3.05, 3.63) is 71.2 Å². The second-order valence-electron chi connectivity index (χ2n) is 9.87. The highest BCUT2D eigenvalue weighted by atomic mass is 19.4. The van der Waals surface area contributed by atoms with E-state index in [4.69, 9.17) is 13.9 Å². The number of carbonyl (C=O) groups excluding carboxylic acids is 1. The van der Waals surface area contributed by atoms with Crippen molar-refractivity contribution in [1.82, 2.24) is 14.5 Å². The first kappa shape index (κ1) is 29.5. The van der Waals surface area contributed by atoms with Crippen molar-refractivity contribution in [2.45, 2.75) is 38.3 Å². The molecule has 2 aromatic carbocycles. The molecule has 0 bridgehead atoms. The average molecular weight is 598 g/mol. The first-order chi connectivity index (χ1) is 19.7. The second kappa shape index (κ2) is 10.7. The Hall–Kier alpha value is -4.04. The van der Waals surface area contributed by atoms with Gasteiger partial charge in [-0.15, -0.1) is 0 Å². The number of aliphatic hydroxyl groups is 1. The van der Waals surface area contributed by atoms with E-state index in [1.54, 1.807) is 47.6 Å². The number of alkyl halides is 6. The maximum atomic E-state index is 13.4. The summed E-state index contributed by atoms with van der Waals surface area (Å²) in [6.07, 6.45) is -12.4. The highest BCUT2D eigenvalue weighted by Crippen LogP contribution is 2.50. The summed E-state index contributed by atoms with van der Waals surface area (Å²) >= 11 is 0. The summed E-state index contributed by atoms with van der Waals surface area (Å²) in [4.78, 5) is 18.4. The van der Waals surface area contributed by atoms with Crippen LogP contribution in [-0.2, 0) is 16.9 Å². The lowest BCUT2D eigenvalue weighted by Crippen LogP contribution is -2.53. The minimum absolute atomic E-state index is 0.0838. The highest BCUT2D eigenvalue weighted by Gasteiger charge is 2.71. The molecule has 0 radical (unpaired) electrons. The molecule has 1 saturated heterocycles. The van der Waals surface area contributed by atoms with Crippen LogP contribution in [0.4, 0.5) is 31.1 Å². The molecule has 0 aliphatic carbocycles. The van der Waals surface area contributed by atoms with Crippen molar-refractivity contribution in [3.63, 3.8) is 0 Å². The lowest BCUT2D eigenvalue weighted by atomic mass is 9.91. The molecule has 14 heteroatoms. The Labute approximate surface area is 235 Å². The van der Waals surface area contributed by atoms with Gasteiger partial charge in [0.05, 0.1) is 19.8 Å². The van der Waals surface area contributed by atoms with Crippen LogP contribution < -0.4 is 4.74 Å². The minimum Gasteiger partial charge on any atom is -0.441 e. The monoisotopic (exact) mass is 597 g/mol. The van der Waals surface area contributed by atoms with Gasteiger partial charge in [0.15, 0.2) is 0 Å². The van der Waals surface area contributed by atoms with Gasteiger partial charge in [-0.3, -0.25) is 0 Å². The number of amides is 1. The number of aryl methyl sites for hydroxylation is 2. The molecule has 4 aromatic rings. The first-order valence-electron chi connectivity index (χ1n) is 12.8. The summed E-state index contributed by atoms with van der Waals surface area (Å²) in [6, 6.07) is 10.4. The quantitative estimate of drug-likeness (QED) is 0.280. The van der Waals surface area contributed by atoms with Crippen LogP contribution in [0, 0.1) is 13.8 Å². The summed E-state index contributed by atoms with van der Waals surface area (Å²) in [5, 5.41) is 9.87. The van der Waals surface area contributed by atoms with Crippen LogP contribution in [0.3, 0.4) is 0 Å². The third kappa shape index (κ3) is 5.31. The molecule has 224 valence electrons. The number of hydrogen-bond acceptors (Lipinski definition) is 6. The smallest absolute Gasteiger partial charge is 0.430 e. The van der Waals surface area contributed by atoms with E-state index in [-0.39, 0.29) is 17.8 Å². The van der Waals surface area contributed by atoms with Gasteiger partial charge >= 0.3 is 18.4 Å². The van der Waals surface area contributed by atoms with Crippen molar-refractivity contribution >= 4 is 17.0 Å². The molecule has 0 atom stereocenters. The molecule has 5 rings (SSSR count). The molecule has 1 N–H and O–H groups in total. The maximum absolute atomic E-state index is 13.4. The zero-order valence-electron chi connectivity index (χ0n) is 22.3. The van der Waals surface area contributed by atoms with E-state index >= 15 is 0 Å². The zero-order valence-corrected chi connectivity index (χ0v) is 22.3. The normalized spacial score (nSPS) is 14.9. The van der Waals surface area contributed by atoms with Gasteiger partial charge in [0, 0.05) is 40.8 Å². The molecule has 1 aliphatic rings. The van der Waals surface area contributed by atoms with Crippen molar-refractivity contribution in [3.8, 4) is 17.2 Å². The SMILES string of the molecule is Cc1oc(-c2ccc(OC(=O)N3CCOCC3)cc2)nc1Cn1c(C)cc2cc(C(O)(C(F)(F)F)C(F)(F)F)ccc21. The van der Waals surface area contributed by atoms with E-state index in [9.17, 15) is 36.2 Å². The van der Waals surface area contributed by atoms with Crippen LogP contribution in [0.15, 0.2) is 52.9 Å². The number of aromatic nitrogens is 2. The van der Waals surface area contributed by atoms with Crippen molar-refractivity contribution in [2.75, 3.05) is 26.3 Å². The molecule has 3 heterocycles. The molecule has 2 aromatic heterocycles. The second-order valence-corrected chi connectivity index (χ2v) is 9.87. The Morgan fingerprint density at radius 2 is 1.62 bits per heavy atom. The van der Waals surface area contributed by atoms with Gasteiger partial charge in [0.2, 0.25) is 5.89 Å². The minimum atomic E-state index is -5.98. The number of rotatable bonds is 5. The van der Waals surface area contributed by atoms with Gasteiger partial charge in [0.1, 0.15) is 17.2 Å². The van der Waals surface area contributed by atoms with E-state index in [1.165, 1.54) is 6.07 Å². The van der Waals surface area contributed by atoms with E-state index in [0.29, 0.717) is 72.4 Å². The number of oxazole rings is 1. The van der Waals surface area contributed by atoms with Gasteiger partial charge in [-0.05, 0) is 56.3 Å². The van der Waals surface area contributed by atoms with E-state index in [2.05, 4.69) is 4.98 Å². The van der Waals surface area contributed by atoms with Gasteiger partial charge in [-0.2, -0.15) is 26.3 Å². The number of fused-ring (bicyclic) bond motifs is 1. The topological polar surface area (TPSA) is 90.0 Å². The van der Waals surface area contributed by atoms with Gasteiger partial charge in [0.25, 0.3) is 5.60 Å². The summed E-state index contributed by atoms with van der Waals surface area (Å²) in [7, 11) is 0. The van der Waals surface area contributed by atoms with Gasteiger partial charge in [-0.1, -0.05) is 6.07 Å². The fraction of sp³-hybridized carbons (Fsp3) is 0.357. The molecule has 8 nitrogen and oxygen atoms in total. The summed E-state index contributed by atoms with van der Waals surface area (Å²) in [6.45, 7) is 5.20. The van der Waals surface area contributed by atoms with E-state index in [0.717, 1.165) is 6.07 Å². The molecule has 0 saturated carbocycles. The Bertz CT molecular complexity index is 1590. The third-order valence-electron chi connectivity index (χ3n) is 7.12. The number of ether oxygens (including phenoxy) is 2. The Morgan fingerprint density at radius 1 is 0.976 bits per heavy atom. The molecule has 1 fully saturated rings. The summed E-state index contributed by atoms with van der Waals surface area (Å²) < 4.78 is 98.4. The predicted octanol–water partition coefficient (Wildman–Crippen LogP) is 6.10. The Morgan fingerprint density at radius 3 is 2.24 bits per heavy atom. The van der Waals surface area contributed by atoms with Gasteiger partial charge in [-0.25, -0.2) is 9.78 Å². The van der Waals surface area contributed by atoms with E-state index in [1.807, 2.05) is 0 Å². The largest absolute Gasteiger partial charge is 0.441 e. The van der Waals surface area contributed by atoms with Crippen LogP contribution >= 0.6 is 0 Å². The van der Waals surface area contributed by atoms with Crippen LogP contribution in [0.2, 0.25) is 0 Å². The number of carbonyl (C=O) groups is 1. The number of halogens is 6. The Balaban J connectivity index is 1.37. The summed E-state index contributed by atoms with van der Waals surface area (Å²) in [5.41, 5.74) is -4.38. The predicted molar refractivity (Wildman–Crippen MR) is 137 cm³/mol. The van der Waals surface area contributed by atoms with Crippen molar-refractivity contribution in [2.24, 2.45) is 0 Å². The van der Waals surface area contributed by atoms with Crippen LogP contribution in [0.1, 0.15) is 22.7 Å². The average Bonchev–Trinajstić information content (AvgIpc) is 3.46. The first-order valence-corrected chi connectivity index (χ1v) is 12.8. The molecule has 0 unspecified atom stereocenters. The summed E-state index contributed by atoms with van der Waals surface area (Å²) in [5.74, 6) is 1.05. The number of nitrogens with zero attached hydrogens (tertiary/aromatic N) is 3. The van der Waals surface area contributed by atoms with Crippen LogP contribution in [0.5, 0.6) is 5.75 Å².